The van der Waals surface area contributed by atoms with Crippen LogP contribution in [0.5, 0.6) is 0 Å². The van der Waals surface area contributed by atoms with Crippen molar-refractivity contribution >= 4 is 33.3 Å². The van der Waals surface area contributed by atoms with Crippen molar-refractivity contribution < 1.29 is 9.32 Å². The third kappa shape index (κ3) is 3.78. The first-order valence-electron chi connectivity index (χ1n) is 13.1. The number of fused-ring (bicyclic) bond motifs is 2. The molecule has 4 aromatic carbocycles. The predicted molar refractivity (Wildman–Crippen MR) is 153 cm³/mol. The molecule has 1 saturated heterocycles. The average molecular weight is 523 g/mol. The number of hydrogen-bond donors (Lipinski definition) is 0. The van der Waals surface area contributed by atoms with Gasteiger partial charge in [0.2, 0.25) is 0 Å². The van der Waals surface area contributed by atoms with Gasteiger partial charge >= 0.3 is 17.5 Å². The maximum absolute atomic E-state index is 14.1. The molecule has 1 atom stereocenters. The van der Waals surface area contributed by atoms with Crippen LogP contribution < -0.4 is 16.3 Å². The minimum atomic E-state index is -0.911. The van der Waals surface area contributed by atoms with Crippen LogP contribution in [-0.4, -0.2) is 32.3 Å². The Morgan fingerprint density at radius 1 is 0.769 bits per heavy atom. The quantitative estimate of drug-likeness (QED) is 0.293. The first-order chi connectivity index (χ1) is 18.7. The number of benzene rings is 4. The number of carbonyl (C=O) groups excluding carboxylic acids is 1. The maximum Gasteiger partial charge on any atom is 0.447 e. The number of hydrogen-bond acceptors (Lipinski definition) is 4. The molecule has 198 valence electrons. The molecular weight excluding hydrogens is 492 g/mol. The summed E-state index contributed by atoms with van der Waals surface area (Å²) < 4.78 is 7.85. The molecular formula is C31H30N4O4. The number of rotatable bonds is 5. The maximum atomic E-state index is 14.1. The molecule has 0 bridgehead atoms. The smallest absolute Gasteiger partial charge is 0.315 e. The van der Waals surface area contributed by atoms with Gasteiger partial charge in [-0.05, 0) is 42.7 Å². The van der Waals surface area contributed by atoms with Crippen molar-refractivity contribution in [3.63, 3.8) is 0 Å². The molecule has 0 spiro atoms. The minimum Gasteiger partial charge on any atom is -0.315 e. The van der Waals surface area contributed by atoms with Gasteiger partial charge in [0, 0.05) is 17.3 Å². The molecule has 5 aromatic rings. The van der Waals surface area contributed by atoms with Gasteiger partial charge in [0.25, 0.3) is 0 Å². The summed E-state index contributed by atoms with van der Waals surface area (Å²) in [4.78, 5) is 44.9. The van der Waals surface area contributed by atoms with Gasteiger partial charge in [-0.15, -0.1) is 4.74 Å². The van der Waals surface area contributed by atoms with Gasteiger partial charge in [0.15, 0.2) is 6.17 Å². The molecule has 6 rings (SSSR count). The Labute approximate surface area is 225 Å². The number of nitrogens with zero attached hydrogens (tertiary/aromatic N) is 4. The number of carbonyl (C=O) groups is 1. The number of aromatic nitrogens is 2. The molecule has 1 fully saturated rings. The van der Waals surface area contributed by atoms with Gasteiger partial charge < -0.3 is 9.42 Å². The Morgan fingerprint density at radius 3 is 1.92 bits per heavy atom. The van der Waals surface area contributed by atoms with Crippen molar-refractivity contribution in [3.8, 4) is 5.69 Å². The van der Waals surface area contributed by atoms with Crippen LogP contribution in [0.1, 0.15) is 33.9 Å². The molecule has 39 heavy (non-hydrogen) atoms. The van der Waals surface area contributed by atoms with Gasteiger partial charge in [0.1, 0.15) is 0 Å². The summed E-state index contributed by atoms with van der Waals surface area (Å²) in [5.41, 5.74) is -0.444. The predicted octanol–water partition coefficient (Wildman–Crippen LogP) is 5.77. The minimum absolute atomic E-state index is 0.186. The van der Waals surface area contributed by atoms with Crippen molar-refractivity contribution in [3.05, 3.63) is 106 Å². The Hall–Kier alpha value is -4.59. The average Bonchev–Trinajstić information content (AvgIpc) is 3.31. The molecule has 1 aromatic heterocycles. The largest absolute Gasteiger partial charge is 0.447 e. The van der Waals surface area contributed by atoms with Crippen LogP contribution in [0.15, 0.2) is 99.0 Å². The molecule has 0 aliphatic carbocycles. The lowest BCUT2D eigenvalue weighted by Gasteiger charge is -2.34. The summed E-state index contributed by atoms with van der Waals surface area (Å²) in [6, 6.07) is 26.3. The third-order valence-corrected chi connectivity index (χ3v) is 7.55. The van der Waals surface area contributed by atoms with Gasteiger partial charge in [-0.2, -0.15) is 4.57 Å². The molecule has 2 amide bonds. The fraction of sp³-hybridized carbons (Fsp3) is 0.258. The fourth-order valence-electron chi connectivity index (χ4n) is 5.76. The Balaban J connectivity index is 1.60. The second-order valence-corrected chi connectivity index (χ2v) is 11.0. The lowest BCUT2D eigenvalue weighted by atomic mass is 9.98. The Morgan fingerprint density at radius 2 is 1.31 bits per heavy atom. The SMILES string of the molecule is CC(C)CN1C(=O)N(c2cccc3ccccc23)[C@@H](n2oc(=O)n(-c3cccc4ccccc34)c2=O)C1(C)C. The normalized spacial score (nSPS) is 17.2. The highest BCUT2D eigenvalue weighted by molar-refractivity contribution is 6.05. The second-order valence-electron chi connectivity index (χ2n) is 11.0. The topological polar surface area (TPSA) is 80.7 Å². The van der Waals surface area contributed by atoms with E-state index in [4.69, 9.17) is 4.52 Å². The van der Waals surface area contributed by atoms with Crippen LogP contribution in [-0.2, 0) is 0 Å². The summed E-state index contributed by atoms with van der Waals surface area (Å²) in [6.07, 6.45) is -0.911. The van der Waals surface area contributed by atoms with E-state index >= 15 is 0 Å². The van der Waals surface area contributed by atoms with E-state index in [1.807, 2.05) is 100 Å². The van der Waals surface area contributed by atoms with Crippen LogP contribution in [0.2, 0.25) is 0 Å². The molecule has 0 N–H and O–H groups in total. The Bertz CT molecular complexity index is 1830. The monoisotopic (exact) mass is 522 g/mol. The fourth-order valence-corrected chi connectivity index (χ4v) is 5.76. The summed E-state index contributed by atoms with van der Waals surface area (Å²) in [5.74, 6) is -0.620. The van der Waals surface area contributed by atoms with E-state index in [-0.39, 0.29) is 11.9 Å². The molecule has 8 nitrogen and oxygen atoms in total. The van der Waals surface area contributed by atoms with Crippen molar-refractivity contribution in [2.45, 2.75) is 39.4 Å². The molecule has 0 saturated carbocycles. The molecule has 8 heteroatoms. The molecule has 0 unspecified atom stereocenters. The lowest BCUT2D eigenvalue weighted by molar-refractivity contribution is 0.0906. The first-order valence-corrected chi connectivity index (χ1v) is 13.1. The number of urea groups is 1. The van der Waals surface area contributed by atoms with Crippen LogP contribution in [0.25, 0.3) is 27.2 Å². The van der Waals surface area contributed by atoms with Gasteiger partial charge in [-0.1, -0.05) is 86.6 Å². The van der Waals surface area contributed by atoms with Crippen LogP contribution in [0.4, 0.5) is 10.5 Å². The second kappa shape index (κ2) is 9.01. The summed E-state index contributed by atoms with van der Waals surface area (Å²) in [6.45, 7) is 8.38. The molecule has 2 heterocycles. The van der Waals surface area contributed by atoms with Crippen LogP contribution >= 0.6 is 0 Å². The number of anilines is 1. The molecule has 1 aliphatic heterocycles. The highest BCUT2D eigenvalue weighted by Gasteiger charge is 2.55. The highest BCUT2D eigenvalue weighted by Crippen LogP contribution is 2.44. The molecule has 1 aliphatic rings. The lowest BCUT2D eigenvalue weighted by Crippen LogP contribution is -2.48. The summed E-state index contributed by atoms with van der Waals surface area (Å²) in [7, 11) is 0. The van der Waals surface area contributed by atoms with Crippen molar-refractivity contribution in [2.24, 2.45) is 5.92 Å². The standard InChI is InChI=1S/C31H30N4O4/c1-20(2)19-32-28(36)33(25-17-9-13-21-11-5-7-15-23(21)25)27(31(32,3)4)35-29(37)34(30(38)39-35)26-18-10-14-22-12-6-8-16-24(22)26/h5-18,20,27H,19H2,1-4H3/t27-/m0/s1. The van der Waals surface area contributed by atoms with E-state index < -0.39 is 23.2 Å². The van der Waals surface area contributed by atoms with E-state index in [9.17, 15) is 14.4 Å². The zero-order chi connectivity index (χ0) is 27.5. The van der Waals surface area contributed by atoms with Crippen LogP contribution in [0.3, 0.4) is 0 Å². The van der Waals surface area contributed by atoms with Crippen molar-refractivity contribution in [1.29, 1.82) is 0 Å². The molecule has 0 radical (unpaired) electrons. The highest BCUT2D eigenvalue weighted by atomic mass is 16.5. The number of amides is 2. The third-order valence-electron chi connectivity index (χ3n) is 7.55. The zero-order valence-corrected chi connectivity index (χ0v) is 22.4. The van der Waals surface area contributed by atoms with Crippen molar-refractivity contribution in [1.82, 2.24) is 14.2 Å². The Kier molecular flexibility index (Phi) is 5.71. The summed E-state index contributed by atoms with van der Waals surface area (Å²) in [5, 5.41) is 3.47. The van der Waals surface area contributed by atoms with Gasteiger partial charge in [-0.25, -0.2) is 14.4 Å². The van der Waals surface area contributed by atoms with E-state index in [0.717, 1.165) is 30.9 Å². The van der Waals surface area contributed by atoms with E-state index in [1.54, 1.807) is 21.9 Å². The summed E-state index contributed by atoms with van der Waals surface area (Å²) >= 11 is 0. The zero-order valence-electron chi connectivity index (χ0n) is 22.4. The van der Waals surface area contributed by atoms with Gasteiger partial charge in [-0.3, -0.25) is 4.90 Å². The first kappa shape index (κ1) is 24.7. The van der Waals surface area contributed by atoms with E-state index in [0.29, 0.717) is 17.9 Å². The van der Waals surface area contributed by atoms with Crippen LogP contribution in [0, 0.1) is 5.92 Å². The van der Waals surface area contributed by atoms with Crippen molar-refractivity contribution in [2.75, 3.05) is 11.4 Å². The van der Waals surface area contributed by atoms with Gasteiger partial charge in [0.05, 0.1) is 16.9 Å². The van der Waals surface area contributed by atoms with E-state index in [1.165, 1.54) is 0 Å². The van der Waals surface area contributed by atoms with E-state index in [2.05, 4.69) is 0 Å².